The summed E-state index contributed by atoms with van der Waals surface area (Å²) >= 11 is 0. The molecule has 1 rings (SSSR count). The Labute approximate surface area is 108 Å². The molecule has 1 aliphatic heterocycles. The topological polar surface area (TPSA) is 98.7 Å². The molecule has 1 aliphatic rings. The van der Waals surface area contributed by atoms with Crippen LogP contribution in [-0.4, -0.2) is 42.1 Å². The molecule has 1 saturated heterocycles. The van der Waals surface area contributed by atoms with Gasteiger partial charge in [0.05, 0.1) is 6.54 Å². The van der Waals surface area contributed by atoms with Gasteiger partial charge in [-0.3, -0.25) is 9.69 Å². The van der Waals surface area contributed by atoms with Gasteiger partial charge >= 0.3 is 6.09 Å². The third-order valence-electron chi connectivity index (χ3n) is 3.14. The molecule has 4 N–H and O–H groups in total. The fourth-order valence-corrected chi connectivity index (χ4v) is 2.69. The predicted octanol–water partition coefficient (Wildman–Crippen LogP) is 0.448. The number of primary amides is 2. The molecule has 1 atom stereocenters. The SMILES string of the molecule is CC(C)(C[C@H]1CCCN(CC(N)=O)C1)OC(N)=O. The maximum Gasteiger partial charge on any atom is 0.405 e. The zero-order chi connectivity index (χ0) is 13.8. The number of rotatable bonds is 5. The number of nitrogens with zero attached hydrogens (tertiary/aromatic N) is 1. The van der Waals surface area contributed by atoms with E-state index < -0.39 is 11.7 Å². The van der Waals surface area contributed by atoms with Crippen molar-refractivity contribution in [1.29, 1.82) is 0 Å². The lowest BCUT2D eigenvalue weighted by molar-refractivity contribution is -0.119. The highest BCUT2D eigenvalue weighted by molar-refractivity contribution is 5.75. The first kappa shape index (κ1) is 14.8. The molecule has 0 bridgehead atoms. The molecule has 6 nitrogen and oxygen atoms in total. The molecule has 0 aromatic rings. The lowest BCUT2D eigenvalue weighted by Crippen LogP contribution is -2.43. The van der Waals surface area contributed by atoms with Crippen molar-refractivity contribution in [3.63, 3.8) is 0 Å². The molecule has 6 heteroatoms. The Hall–Kier alpha value is -1.30. The minimum absolute atomic E-state index is 0.299. The van der Waals surface area contributed by atoms with Gasteiger partial charge in [0.2, 0.25) is 5.91 Å². The number of ether oxygens (including phenoxy) is 1. The number of hydrogen-bond donors (Lipinski definition) is 2. The highest BCUT2D eigenvalue weighted by Gasteiger charge is 2.29. The van der Waals surface area contributed by atoms with Gasteiger partial charge in [0.15, 0.2) is 0 Å². The van der Waals surface area contributed by atoms with E-state index in [0.717, 1.165) is 32.4 Å². The van der Waals surface area contributed by atoms with E-state index in [1.165, 1.54) is 0 Å². The van der Waals surface area contributed by atoms with Gasteiger partial charge in [-0.1, -0.05) is 0 Å². The van der Waals surface area contributed by atoms with Crippen molar-refractivity contribution in [2.75, 3.05) is 19.6 Å². The Morgan fingerprint density at radius 2 is 2.06 bits per heavy atom. The summed E-state index contributed by atoms with van der Waals surface area (Å²) in [6.45, 7) is 5.72. The van der Waals surface area contributed by atoms with Crippen LogP contribution in [0.3, 0.4) is 0 Å². The Morgan fingerprint density at radius 1 is 1.39 bits per heavy atom. The normalized spacial score (nSPS) is 21.6. The summed E-state index contributed by atoms with van der Waals surface area (Å²) < 4.78 is 5.09. The molecule has 0 aliphatic carbocycles. The van der Waals surface area contributed by atoms with Crippen molar-refractivity contribution in [2.24, 2.45) is 17.4 Å². The van der Waals surface area contributed by atoms with Gasteiger partial charge in [0.25, 0.3) is 0 Å². The number of carbonyl (C=O) groups excluding carboxylic acids is 2. The molecular formula is C12H23N3O3. The number of amides is 2. The molecule has 0 spiro atoms. The first-order valence-corrected chi connectivity index (χ1v) is 6.27. The van der Waals surface area contributed by atoms with Crippen LogP contribution in [0.25, 0.3) is 0 Å². The van der Waals surface area contributed by atoms with Crippen molar-refractivity contribution >= 4 is 12.0 Å². The summed E-state index contributed by atoms with van der Waals surface area (Å²) in [5, 5.41) is 0. The quantitative estimate of drug-likeness (QED) is 0.747. The van der Waals surface area contributed by atoms with E-state index in [2.05, 4.69) is 4.90 Å². The summed E-state index contributed by atoms with van der Waals surface area (Å²) in [5.41, 5.74) is 9.68. The number of carbonyl (C=O) groups is 2. The van der Waals surface area contributed by atoms with Crippen LogP contribution in [-0.2, 0) is 9.53 Å². The standard InChI is InChI=1S/C12H23N3O3/c1-12(2,18-11(14)17)6-9-4-3-5-15(7-9)8-10(13)16/h9H,3-8H2,1-2H3,(H2,13,16)(H2,14,17)/t9-/m1/s1. The van der Waals surface area contributed by atoms with Crippen LogP contribution in [0.5, 0.6) is 0 Å². The third-order valence-corrected chi connectivity index (χ3v) is 3.14. The molecule has 0 saturated carbocycles. The van der Waals surface area contributed by atoms with Crippen LogP contribution >= 0.6 is 0 Å². The van der Waals surface area contributed by atoms with E-state index in [1.54, 1.807) is 0 Å². The molecule has 104 valence electrons. The van der Waals surface area contributed by atoms with Gasteiger partial charge in [-0.05, 0) is 45.6 Å². The van der Waals surface area contributed by atoms with Crippen LogP contribution in [0, 0.1) is 5.92 Å². The summed E-state index contributed by atoms with van der Waals surface area (Å²) in [5.74, 6) is 0.0933. The summed E-state index contributed by atoms with van der Waals surface area (Å²) in [4.78, 5) is 23.7. The Balaban J connectivity index is 2.46. The molecule has 0 aromatic carbocycles. The van der Waals surface area contributed by atoms with Gasteiger partial charge in [-0.2, -0.15) is 0 Å². The average molecular weight is 257 g/mol. The number of piperidine rings is 1. The van der Waals surface area contributed by atoms with Gasteiger partial charge in [0.1, 0.15) is 5.60 Å². The van der Waals surface area contributed by atoms with Crippen molar-refractivity contribution in [3.05, 3.63) is 0 Å². The van der Waals surface area contributed by atoms with Crippen molar-refractivity contribution in [3.8, 4) is 0 Å². The second kappa shape index (κ2) is 6.04. The highest BCUT2D eigenvalue weighted by Crippen LogP contribution is 2.27. The van der Waals surface area contributed by atoms with Crippen LogP contribution in [0.1, 0.15) is 33.1 Å². The van der Waals surface area contributed by atoms with Crippen molar-refractivity contribution in [2.45, 2.75) is 38.7 Å². The number of likely N-dealkylation sites (tertiary alicyclic amines) is 1. The third kappa shape index (κ3) is 5.35. The molecule has 2 amide bonds. The van der Waals surface area contributed by atoms with Gasteiger partial charge in [-0.25, -0.2) is 4.79 Å². The summed E-state index contributed by atoms with van der Waals surface area (Å²) in [7, 11) is 0. The Kier molecular flexibility index (Phi) is 4.95. The second-order valence-corrected chi connectivity index (χ2v) is 5.59. The predicted molar refractivity (Wildman–Crippen MR) is 67.7 cm³/mol. The highest BCUT2D eigenvalue weighted by atomic mass is 16.6. The molecule has 0 aromatic heterocycles. The van der Waals surface area contributed by atoms with Gasteiger partial charge < -0.3 is 16.2 Å². The van der Waals surface area contributed by atoms with Gasteiger partial charge in [0, 0.05) is 6.54 Å². The Morgan fingerprint density at radius 3 is 2.61 bits per heavy atom. The first-order chi connectivity index (χ1) is 8.28. The van der Waals surface area contributed by atoms with Crippen molar-refractivity contribution in [1.82, 2.24) is 4.90 Å². The molecule has 18 heavy (non-hydrogen) atoms. The molecule has 0 unspecified atom stereocenters. The fraction of sp³-hybridized carbons (Fsp3) is 0.833. The lowest BCUT2D eigenvalue weighted by atomic mass is 9.87. The van der Waals surface area contributed by atoms with Crippen LogP contribution < -0.4 is 11.5 Å². The van der Waals surface area contributed by atoms with Crippen LogP contribution in [0.4, 0.5) is 4.79 Å². The fourth-order valence-electron chi connectivity index (χ4n) is 2.69. The molecule has 1 heterocycles. The smallest absolute Gasteiger partial charge is 0.405 e. The largest absolute Gasteiger partial charge is 0.444 e. The maximum absolute atomic E-state index is 10.9. The second-order valence-electron chi connectivity index (χ2n) is 5.59. The van der Waals surface area contributed by atoms with E-state index in [1.807, 2.05) is 13.8 Å². The van der Waals surface area contributed by atoms with E-state index in [4.69, 9.17) is 16.2 Å². The van der Waals surface area contributed by atoms with Crippen molar-refractivity contribution < 1.29 is 14.3 Å². The van der Waals surface area contributed by atoms with E-state index in [0.29, 0.717) is 12.5 Å². The van der Waals surface area contributed by atoms with E-state index in [-0.39, 0.29) is 5.91 Å². The summed E-state index contributed by atoms with van der Waals surface area (Å²) in [6, 6.07) is 0. The van der Waals surface area contributed by atoms with E-state index >= 15 is 0 Å². The summed E-state index contributed by atoms with van der Waals surface area (Å²) in [6.07, 6.45) is 2.10. The van der Waals surface area contributed by atoms with Crippen LogP contribution in [0.2, 0.25) is 0 Å². The van der Waals surface area contributed by atoms with E-state index in [9.17, 15) is 9.59 Å². The zero-order valence-electron chi connectivity index (χ0n) is 11.1. The first-order valence-electron chi connectivity index (χ1n) is 6.27. The average Bonchev–Trinajstić information content (AvgIpc) is 2.13. The lowest BCUT2D eigenvalue weighted by Gasteiger charge is -2.35. The minimum Gasteiger partial charge on any atom is -0.444 e. The minimum atomic E-state index is -0.746. The molecule has 1 fully saturated rings. The molecular weight excluding hydrogens is 234 g/mol. The number of nitrogens with two attached hydrogens (primary N) is 2. The van der Waals surface area contributed by atoms with Crippen LogP contribution in [0.15, 0.2) is 0 Å². The maximum atomic E-state index is 10.9. The monoisotopic (exact) mass is 257 g/mol. The Bertz CT molecular complexity index is 318. The number of hydrogen-bond acceptors (Lipinski definition) is 4. The van der Waals surface area contributed by atoms with Gasteiger partial charge in [-0.15, -0.1) is 0 Å². The molecule has 0 radical (unpaired) electrons. The zero-order valence-corrected chi connectivity index (χ0v) is 11.1.